The fourth-order valence-electron chi connectivity index (χ4n) is 0.904. The van der Waals surface area contributed by atoms with Crippen molar-refractivity contribution in [2.24, 2.45) is 5.73 Å². The van der Waals surface area contributed by atoms with Gasteiger partial charge in [0.2, 0.25) is 0 Å². The van der Waals surface area contributed by atoms with Gasteiger partial charge in [0.25, 0.3) is 0 Å². The molecule has 0 aliphatic rings. The molecule has 11 heavy (non-hydrogen) atoms. The monoisotopic (exact) mass is 158 g/mol. The van der Waals surface area contributed by atoms with Gasteiger partial charge in [-0.15, -0.1) is 0 Å². The van der Waals surface area contributed by atoms with Crippen LogP contribution in [0.15, 0.2) is 0 Å². The van der Waals surface area contributed by atoms with Crippen LogP contribution in [-0.2, 0) is 0 Å². The Morgan fingerprint density at radius 2 is 2.27 bits per heavy atom. The summed E-state index contributed by atoms with van der Waals surface area (Å²) in [5, 5.41) is 2.11. The summed E-state index contributed by atoms with van der Waals surface area (Å²) in [6, 6.07) is 0.317. The molecule has 0 amide bonds. The smallest absolute Gasteiger partial charge is 0.0215 e. The second kappa shape index (κ2) is 6.58. The summed E-state index contributed by atoms with van der Waals surface area (Å²) in [4.78, 5) is 0. The highest BCUT2D eigenvalue weighted by molar-refractivity contribution is 4.63. The lowest BCUT2D eigenvalue weighted by Crippen LogP contribution is -2.43. The number of hydrogen-bond donors (Lipinski definition) is 2. The van der Waals surface area contributed by atoms with Gasteiger partial charge >= 0.3 is 0 Å². The molecule has 0 saturated carbocycles. The van der Waals surface area contributed by atoms with Crippen LogP contribution in [0.2, 0.25) is 0 Å². The first-order valence-electron chi connectivity index (χ1n) is 4.25. The van der Waals surface area contributed by atoms with Crippen molar-refractivity contribution < 1.29 is 0 Å². The summed E-state index contributed by atoms with van der Waals surface area (Å²) < 4.78 is 0. The Labute approximate surface area is 69.9 Å². The minimum absolute atomic E-state index is 0.317. The van der Waals surface area contributed by atoms with Gasteiger partial charge in [-0.25, -0.2) is 5.01 Å². The zero-order valence-electron chi connectivity index (χ0n) is 7.64. The molecular formula is C8H20N3. The third-order valence-electron chi connectivity index (χ3n) is 1.57. The predicted molar refractivity (Wildman–Crippen MR) is 48.9 cm³/mol. The van der Waals surface area contributed by atoms with Gasteiger partial charge in [-0.05, 0) is 26.8 Å². The zero-order valence-corrected chi connectivity index (χ0v) is 7.64. The fourth-order valence-corrected chi connectivity index (χ4v) is 0.904. The molecule has 0 aromatic carbocycles. The summed E-state index contributed by atoms with van der Waals surface area (Å²) in [6.07, 6.45) is 1.02. The topological polar surface area (TPSA) is 41.3 Å². The molecule has 0 spiro atoms. The van der Waals surface area contributed by atoms with Crippen LogP contribution in [0.25, 0.3) is 0 Å². The van der Waals surface area contributed by atoms with E-state index in [1.165, 1.54) is 0 Å². The standard InChI is InChI=1S/C8H20N3/c1-4-11(8(2)3)10-7-5-6-9/h8,10H,2,4-7,9H2,1,3H3. The van der Waals surface area contributed by atoms with Crippen molar-refractivity contribution in [1.29, 1.82) is 0 Å². The van der Waals surface area contributed by atoms with Crippen molar-refractivity contribution in [2.45, 2.75) is 26.3 Å². The average molecular weight is 158 g/mol. The van der Waals surface area contributed by atoms with Crippen LogP contribution in [-0.4, -0.2) is 30.7 Å². The summed E-state index contributed by atoms with van der Waals surface area (Å²) in [6.45, 7) is 10.8. The quantitative estimate of drug-likeness (QED) is 0.434. The lowest BCUT2D eigenvalue weighted by atomic mass is 10.4. The Kier molecular flexibility index (Phi) is 6.51. The van der Waals surface area contributed by atoms with Crippen molar-refractivity contribution in [3.05, 3.63) is 6.92 Å². The van der Waals surface area contributed by atoms with E-state index in [9.17, 15) is 0 Å². The Hall–Kier alpha value is -0.120. The molecule has 0 aromatic heterocycles. The average Bonchev–Trinajstić information content (AvgIpc) is 1.97. The second-order valence-electron chi connectivity index (χ2n) is 2.69. The van der Waals surface area contributed by atoms with E-state index in [1.807, 2.05) is 0 Å². The first-order valence-corrected chi connectivity index (χ1v) is 4.25. The lowest BCUT2D eigenvalue weighted by molar-refractivity contribution is 0.167. The summed E-state index contributed by atoms with van der Waals surface area (Å²) in [5.41, 5.74) is 8.62. The van der Waals surface area contributed by atoms with Crippen molar-refractivity contribution in [1.82, 2.24) is 10.4 Å². The maximum absolute atomic E-state index is 5.36. The molecule has 1 atom stereocenters. The fraction of sp³-hybridized carbons (Fsp3) is 0.875. The van der Waals surface area contributed by atoms with Crippen LogP contribution >= 0.6 is 0 Å². The Morgan fingerprint density at radius 1 is 1.64 bits per heavy atom. The highest BCUT2D eigenvalue weighted by Gasteiger charge is 2.03. The number of hydrazine groups is 1. The van der Waals surface area contributed by atoms with Crippen molar-refractivity contribution in [3.63, 3.8) is 0 Å². The van der Waals surface area contributed by atoms with Gasteiger partial charge in [-0.3, -0.25) is 5.43 Å². The molecule has 67 valence electrons. The Bertz CT molecular complexity index is 83.4. The first kappa shape index (κ1) is 10.9. The third-order valence-corrected chi connectivity index (χ3v) is 1.57. The van der Waals surface area contributed by atoms with E-state index in [0.717, 1.165) is 26.1 Å². The van der Waals surface area contributed by atoms with Gasteiger partial charge in [0.05, 0.1) is 0 Å². The van der Waals surface area contributed by atoms with Crippen LogP contribution in [0, 0.1) is 6.92 Å². The molecule has 0 aliphatic carbocycles. The molecule has 0 rings (SSSR count). The number of hydrogen-bond acceptors (Lipinski definition) is 3. The molecule has 0 fully saturated rings. The van der Waals surface area contributed by atoms with Crippen LogP contribution in [0.5, 0.6) is 0 Å². The van der Waals surface area contributed by atoms with Gasteiger partial charge in [0.1, 0.15) is 0 Å². The second-order valence-corrected chi connectivity index (χ2v) is 2.69. The van der Waals surface area contributed by atoms with E-state index in [2.05, 4.69) is 31.2 Å². The van der Waals surface area contributed by atoms with E-state index >= 15 is 0 Å². The Morgan fingerprint density at radius 3 is 2.64 bits per heavy atom. The van der Waals surface area contributed by atoms with Gasteiger partial charge in [0.15, 0.2) is 0 Å². The predicted octanol–water partition coefficient (Wildman–Crippen LogP) is 0.384. The summed E-state index contributed by atoms with van der Waals surface area (Å²) in [5.74, 6) is 0. The van der Waals surface area contributed by atoms with E-state index in [1.54, 1.807) is 0 Å². The minimum atomic E-state index is 0.317. The first-order chi connectivity index (χ1) is 5.22. The van der Waals surface area contributed by atoms with Gasteiger partial charge < -0.3 is 5.73 Å². The molecule has 3 heteroatoms. The highest BCUT2D eigenvalue weighted by atomic mass is 15.5. The molecule has 0 aliphatic heterocycles. The van der Waals surface area contributed by atoms with E-state index in [0.29, 0.717) is 6.04 Å². The molecular weight excluding hydrogens is 138 g/mol. The maximum Gasteiger partial charge on any atom is 0.0215 e. The Balaban J connectivity index is 3.36. The number of rotatable bonds is 6. The SMILES string of the molecule is [CH2]C(C)N(CC)NCCCN. The van der Waals surface area contributed by atoms with Gasteiger partial charge in [0, 0.05) is 19.1 Å². The molecule has 3 nitrogen and oxygen atoms in total. The third kappa shape index (κ3) is 5.18. The summed E-state index contributed by atoms with van der Waals surface area (Å²) in [7, 11) is 0. The highest BCUT2D eigenvalue weighted by Crippen LogP contribution is 1.91. The maximum atomic E-state index is 5.36. The molecule has 0 heterocycles. The number of nitrogens with zero attached hydrogens (tertiary/aromatic N) is 1. The van der Waals surface area contributed by atoms with E-state index in [-0.39, 0.29) is 0 Å². The van der Waals surface area contributed by atoms with Crippen molar-refractivity contribution in [3.8, 4) is 0 Å². The van der Waals surface area contributed by atoms with Crippen molar-refractivity contribution in [2.75, 3.05) is 19.6 Å². The normalized spacial score (nSPS) is 11.5. The number of nitrogens with two attached hydrogens (primary N) is 1. The number of nitrogens with one attached hydrogen (secondary N) is 1. The molecule has 0 bridgehead atoms. The largest absolute Gasteiger partial charge is 0.330 e. The molecule has 3 N–H and O–H groups in total. The van der Waals surface area contributed by atoms with Gasteiger partial charge in [-0.1, -0.05) is 6.92 Å². The summed E-state index contributed by atoms with van der Waals surface area (Å²) >= 11 is 0. The van der Waals surface area contributed by atoms with Crippen LogP contribution in [0.4, 0.5) is 0 Å². The van der Waals surface area contributed by atoms with E-state index in [4.69, 9.17) is 5.73 Å². The van der Waals surface area contributed by atoms with Crippen LogP contribution in [0.1, 0.15) is 20.3 Å². The van der Waals surface area contributed by atoms with Crippen LogP contribution < -0.4 is 11.2 Å². The zero-order chi connectivity index (χ0) is 8.69. The molecule has 1 radical (unpaired) electrons. The molecule has 0 saturated heterocycles. The van der Waals surface area contributed by atoms with Gasteiger partial charge in [-0.2, -0.15) is 0 Å². The molecule has 0 aromatic rings. The van der Waals surface area contributed by atoms with Crippen LogP contribution in [0.3, 0.4) is 0 Å². The van der Waals surface area contributed by atoms with E-state index < -0.39 is 0 Å². The molecule has 1 unspecified atom stereocenters. The van der Waals surface area contributed by atoms with Crippen molar-refractivity contribution >= 4 is 0 Å². The minimum Gasteiger partial charge on any atom is -0.330 e. The lowest BCUT2D eigenvalue weighted by Gasteiger charge is -2.25.